The summed E-state index contributed by atoms with van der Waals surface area (Å²) in [5.41, 5.74) is 7.68. The van der Waals surface area contributed by atoms with E-state index < -0.39 is 0 Å². The van der Waals surface area contributed by atoms with Crippen LogP contribution in [-0.4, -0.2) is 0 Å². The standard InChI is InChI=1S/C15H10S2/c1-2-4-10(3-1)9-13-11-5-7-16-14(11)15-12(13)6-8-17-15/h1-3,5-8,13H,9H2. The molecule has 0 unspecified atom stereocenters. The molecule has 2 heteroatoms. The van der Waals surface area contributed by atoms with Gasteiger partial charge in [0.2, 0.25) is 0 Å². The quantitative estimate of drug-likeness (QED) is 0.664. The third-order valence-corrected chi connectivity index (χ3v) is 5.46. The van der Waals surface area contributed by atoms with Crippen LogP contribution < -0.4 is 0 Å². The number of fused-ring (bicyclic) bond motifs is 3. The molecule has 0 N–H and O–H groups in total. The molecule has 0 atom stereocenters. The van der Waals surface area contributed by atoms with E-state index in [2.05, 4.69) is 40.8 Å². The lowest BCUT2D eigenvalue weighted by atomic mass is 9.92. The normalized spacial score (nSPS) is 16.4. The van der Waals surface area contributed by atoms with Gasteiger partial charge in [0, 0.05) is 15.7 Å². The second-order valence-corrected chi connectivity index (χ2v) is 6.19. The van der Waals surface area contributed by atoms with Crippen LogP contribution in [0.15, 0.2) is 52.4 Å². The summed E-state index contributed by atoms with van der Waals surface area (Å²) in [6.45, 7) is 0. The van der Waals surface area contributed by atoms with Gasteiger partial charge in [-0.3, -0.25) is 0 Å². The van der Waals surface area contributed by atoms with Crippen LogP contribution in [0.3, 0.4) is 0 Å². The van der Waals surface area contributed by atoms with Gasteiger partial charge in [0.25, 0.3) is 0 Å². The molecule has 0 nitrogen and oxygen atoms in total. The van der Waals surface area contributed by atoms with Gasteiger partial charge >= 0.3 is 0 Å². The van der Waals surface area contributed by atoms with Crippen LogP contribution in [0.5, 0.6) is 0 Å². The van der Waals surface area contributed by atoms with Crippen LogP contribution in [0.2, 0.25) is 0 Å². The Kier molecular flexibility index (Phi) is 2.03. The Hall–Kier alpha value is -1.34. The van der Waals surface area contributed by atoms with E-state index in [1.54, 1.807) is 0 Å². The number of thiophene rings is 2. The van der Waals surface area contributed by atoms with E-state index in [1.807, 2.05) is 28.7 Å². The molecule has 2 aromatic rings. The molecular weight excluding hydrogens is 244 g/mol. The van der Waals surface area contributed by atoms with Crippen molar-refractivity contribution in [3.8, 4) is 9.75 Å². The van der Waals surface area contributed by atoms with Gasteiger partial charge in [-0.25, -0.2) is 0 Å². The second kappa shape index (κ2) is 3.58. The van der Waals surface area contributed by atoms with Crippen molar-refractivity contribution in [1.29, 1.82) is 0 Å². The molecule has 0 saturated carbocycles. The highest BCUT2D eigenvalue weighted by Gasteiger charge is 2.31. The summed E-state index contributed by atoms with van der Waals surface area (Å²) in [7, 11) is 0. The topological polar surface area (TPSA) is 0 Å². The SMILES string of the molecule is C1=CC=CC=1CC1c2ccsc2-c2sccc21. The van der Waals surface area contributed by atoms with Gasteiger partial charge in [0.15, 0.2) is 0 Å². The summed E-state index contributed by atoms with van der Waals surface area (Å²) in [6, 6.07) is 4.58. The highest BCUT2D eigenvalue weighted by atomic mass is 32.1. The van der Waals surface area contributed by atoms with Gasteiger partial charge in [-0.2, -0.15) is 0 Å². The molecule has 0 spiro atoms. The van der Waals surface area contributed by atoms with Crippen molar-refractivity contribution in [2.75, 3.05) is 0 Å². The Labute approximate surface area is 108 Å². The van der Waals surface area contributed by atoms with Crippen LogP contribution in [0.1, 0.15) is 23.5 Å². The molecule has 0 bridgehead atoms. The van der Waals surface area contributed by atoms with Crippen LogP contribution in [0, 0.1) is 0 Å². The van der Waals surface area contributed by atoms with Gasteiger partial charge in [-0.05, 0) is 52.1 Å². The Morgan fingerprint density at radius 3 is 2.35 bits per heavy atom. The Bertz CT molecular complexity index is 635. The highest BCUT2D eigenvalue weighted by Crippen LogP contribution is 2.52. The van der Waals surface area contributed by atoms with Gasteiger partial charge in [0.1, 0.15) is 0 Å². The highest BCUT2D eigenvalue weighted by molar-refractivity contribution is 7.20. The summed E-state index contributed by atoms with van der Waals surface area (Å²) >= 11 is 3.75. The first kappa shape index (κ1) is 9.67. The molecule has 4 rings (SSSR count). The number of hydrogen-bond donors (Lipinski definition) is 0. The van der Waals surface area contributed by atoms with Gasteiger partial charge < -0.3 is 0 Å². The van der Waals surface area contributed by atoms with Crippen LogP contribution in [0.4, 0.5) is 0 Å². The fourth-order valence-electron chi connectivity index (χ4n) is 2.66. The summed E-state index contributed by atoms with van der Waals surface area (Å²) in [5, 5.41) is 4.43. The largest absolute Gasteiger partial charge is 0.143 e. The Morgan fingerprint density at radius 1 is 1.06 bits per heavy atom. The molecule has 0 amide bonds. The minimum absolute atomic E-state index is 0.552. The molecule has 0 aromatic carbocycles. The van der Waals surface area contributed by atoms with Crippen molar-refractivity contribution < 1.29 is 0 Å². The van der Waals surface area contributed by atoms with E-state index in [4.69, 9.17) is 0 Å². The average molecular weight is 254 g/mol. The van der Waals surface area contributed by atoms with Crippen molar-refractivity contribution in [1.82, 2.24) is 0 Å². The van der Waals surface area contributed by atoms with E-state index >= 15 is 0 Å². The van der Waals surface area contributed by atoms with E-state index in [-0.39, 0.29) is 0 Å². The zero-order valence-corrected chi connectivity index (χ0v) is 10.8. The maximum Gasteiger partial charge on any atom is 0.0483 e. The number of hydrogen-bond acceptors (Lipinski definition) is 2. The van der Waals surface area contributed by atoms with Crippen LogP contribution >= 0.6 is 22.7 Å². The van der Waals surface area contributed by atoms with Crippen molar-refractivity contribution in [2.45, 2.75) is 12.3 Å². The maximum atomic E-state index is 3.32. The summed E-state index contributed by atoms with van der Waals surface area (Å²) in [5.74, 6) is 0.552. The van der Waals surface area contributed by atoms with Crippen LogP contribution in [-0.2, 0) is 0 Å². The van der Waals surface area contributed by atoms with E-state index in [0.29, 0.717) is 5.92 Å². The molecule has 0 aliphatic heterocycles. The van der Waals surface area contributed by atoms with Crippen molar-refractivity contribution in [3.05, 3.63) is 63.6 Å². The first-order valence-corrected chi connectivity index (χ1v) is 7.47. The molecule has 2 heterocycles. The van der Waals surface area contributed by atoms with Gasteiger partial charge in [-0.15, -0.1) is 28.4 Å². The molecule has 17 heavy (non-hydrogen) atoms. The summed E-state index contributed by atoms with van der Waals surface area (Å²) in [6.07, 6.45) is 7.34. The first-order chi connectivity index (χ1) is 8.43. The number of rotatable bonds is 2. The molecule has 0 fully saturated rings. The van der Waals surface area contributed by atoms with Crippen molar-refractivity contribution in [2.24, 2.45) is 0 Å². The maximum absolute atomic E-state index is 3.32. The molecule has 82 valence electrons. The molecule has 0 saturated heterocycles. The Balaban J connectivity index is 1.82. The third kappa shape index (κ3) is 1.35. The number of allylic oxidation sites excluding steroid dienone is 3. The zero-order valence-electron chi connectivity index (χ0n) is 9.14. The first-order valence-electron chi connectivity index (χ1n) is 5.71. The van der Waals surface area contributed by atoms with Gasteiger partial charge in [-0.1, -0.05) is 12.2 Å². The van der Waals surface area contributed by atoms with E-state index in [9.17, 15) is 0 Å². The van der Waals surface area contributed by atoms with Crippen molar-refractivity contribution in [3.63, 3.8) is 0 Å². The van der Waals surface area contributed by atoms with Crippen LogP contribution in [0.25, 0.3) is 9.75 Å². The lowest BCUT2D eigenvalue weighted by Crippen LogP contribution is -1.95. The fourth-order valence-corrected chi connectivity index (χ4v) is 4.79. The molecule has 2 aliphatic carbocycles. The fraction of sp³-hybridized carbons (Fsp3) is 0.133. The molecular formula is C15H10S2. The predicted octanol–water partition coefficient (Wildman–Crippen LogP) is 4.96. The third-order valence-electron chi connectivity index (χ3n) is 3.43. The second-order valence-electron chi connectivity index (χ2n) is 4.36. The van der Waals surface area contributed by atoms with Crippen molar-refractivity contribution >= 4 is 22.7 Å². The molecule has 2 aliphatic rings. The van der Waals surface area contributed by atoms with E-state index in [1.165, 1.54) is 26.5 Å². The monoisotopic (exact) mass is 254 g/mol. The van der Waals surface area contributed by atoms with Gasteiger partial charge in [0.05, 0.1) is 0 Å². The smallest absolute Gasteiger partial charge is 0.0483 e. The average Bonchev–Trinajstić information content (AvgIpc) is 3.06. The molecule has 2 aromatic heterocycles. The van der Waals surface area contributed by atoms with E-state index in [0.717, 1.165) is 6.42 Å². The molecule has 0 radical (unpaired) electrons. The summed E-state index contributed by atoms with van der Waals surface area (Å²) in [4.78, 5) is 2.98. The minimum atomic E-state index is 0.552. The lowest BCUT2D eigenvalue weighted by molar-refractivity contribution is 0.837. The zero-order chi connectivity index (χ0) is 11.2. The lowest BCUT2D eigenvalue weighted by Gasteiger charge is -2.10. The predicted molar refractivity (Wildman–Crippen MR) is 74.8 cm³/mol. The Morgan fingerprint density at radius 2 is 1.76 bits per heavy atom. The summed E-state index contributed by atoms with van der Waals surface area (Å²) < 4.78 is 0. The minimum Gasteiger partial charge on any atom is -0.143 e.